The molecule has 0 aromatic rings. The molecule has 6 nitrogen and oxygen atoms in total. The Hall–Kier alpha value is -1.66. The zero-order chi connectivity index (χ0) is 33.2. The summed E-state index contributed by atoms with van der Waals surface area (Å²) >= 11 is 0. The molecule has 0 spiro atoms. The second-order valence-corrected chi connectivity index (χ2v) is 12.7. The number of aliphatic hydroxyl groups excluding tert-OH is 1. The van der Waals surface area contributed by atoms with E-state index < -0.39 is 0 Å². The van der Waals surface area contributed by atoms with Crippen molar-refractivity contribution in [2.24, 2.45) is 11.8 Å². The number of hydrogen-bond donors (Lipinski definition) is 1. The average Bonchev–Trinajstić information content (AvgIpc) is 3.04. The lowest BCUT2D eigenvalue weighted by molar-refractivity contribution is -0.149. The highest BCUT2D eigenvalue weighted by molar-refractivity contribution is 5.74. The summed E-state index contributed by atoms with van der Waals surface area (Å²) in [6.07, 6.45) is 30.3. The van der Waals surface area contributed by atoms with Gasteiger partial charge in [-0.2, -0.15) is 0 Å². The highest BCUT2D eigenvalue weighted by atomic mass is 16.5. The van der Waals surface area contributed by atoms with Crippen molar-refractivity contribution >= 4 is 11.9 Å². The van der Waals surface area contributed by atoms with E-state index in [1.165, 1.54) is 19.3 Å². The molecule has 0 amide bonds. The van der Waals surface area contributed by atoms with Gasteiger partial charge >= 0.3 is 11.9 Å². The molecule has 0 saturated heterocycles. The fourth-order valence-corrected chi connectivity index (χ4v) is 5.56. The van der Waals surface area contributed by atoms with Crippen molar-refractivity contribution in [3.05, 3.63) is 24.3 Å². The monoisotopic (exact) mass is 636 g/mol. The number of aliphatic hydroxyl groups is 1. The van der Waals surface area contributed by atoms with E-state index in [0.29, 0.717) is 13.2 Å². The van der Waals surface area contributed by atoms with Crippen LogP contribution < -0.4 is 0 Å². The number of allylic oxidation sites excluding steroid dienone is 3. The predicted octanol–water partition coefficient (Wildman–Crippen LogP) is 9.98. The Morgan fingerprint density at radius 2 is 1.13 bits per heavy atom. The summed E-state index contributed by atoms with van der Waals surface area (Å²) in [4.78, 5) is 27.7. The van der Waals surface area contributed by atoms with Crippen LogP contribution in [-0.2, 0) is 19.1 Å². The van der Waals surface area contributed by atoms with Crippen LogP contribution in [0.1, 0.15) is 163 Å². The quantitative estimate of drug-likeness (QED) is 0.0439. The molecule has 0 rings (SSSR count). The van der Waals surface area contributed by atoms with Gasteiger partial charge < -0.3 is 19.5 Å². The molecule has 0 heterocycles. The van der Waals surface area contributed by atoms with Crippen molar-refractivity contribution in [3.63, 3.8) is 0 Å². The number of esters is 2. The van der Waals surface area contributed by atoms with Crippen molar-refractivity contribution in [3.8, 4) is 0 Å². The number of carbonyl (C=O) groups excluding carboxylic acids is 2. The minimum Gasteiger partial charge on any atom is -0.465 e. The molecule has 0 saturated carbocycles. The van der Waals surface area contributed by atoms with Gasteiger partial charge in [-0.1, -0.05) is 129 Å². The van der Waals surface area contributed by atoms with Crippen molar-refractivity contribution in [2.45, 2.75) is 163 Å². The van der Waals surface area contributed by atoms with Crippen LogP contribution in [0.5, 0.6) is 0 Å². The van der Waals surface area contributed by atoms with Gasteiger partial charge in [0.2, 0.25) is 0 Å². The maximum atomic E-state index is 12.6. The Morgan fingerprint density at radius 3 is 1.73 bits per heavy atom. The number of rotatable bonds is 33. The molecule has 0 fully saturated rings. The van der Waals surface area contributed by atoms with Gasteiger partial charge in [-0.05, 0) is 70.9 Å². The maximum absolute atomic E-state index is 12.6. The second-order valence-electron chi connectivity index (χ2n) is 12.7. The number of hydrogen-bond acceptors (Lipinski definition) is 6. The normalized spacial score (nSPS) is 13.2. The van der Waals surface area contributed by atoms with Gasteiger partial charge in [-0.3, -0.25) is 9.59 Å². The molecule has 0 aliphatic heterocycles. The zero-order valence-corrected chi connectivity index (χ0v) is 30.1. The van der Waals surface area contributed by atoms with Crippen molar-refractivity contribution in [1.29, 1.82) is 0 Å². The topological polar surface area (TPSA) is 76.1 Å². The zero-order valence-electron chi connectivity index (χ0n) is 30.1. The van der Waals surface area contributed by atoms with E-state index >= 15 is 0 Å². The third-order valence-electron chi connectivity index (χ3n) is 8.50. The first-order chi connectivity index (χ1) is 22.0. The Morgan fingerprint density at radius 1 is 0.600 bits per heavy atom. The summed E-state index contributed by atoms with van der Waals surface area (Å²) in [7, 11) is 0. The SMILES string of the molecule is CC/C=C/C=C/C(CCCC)C(=O)OCCCCCCN(CCCO)CCCCCCOC(=O)C(CCCC)CCCCCC. The summed E-state index contributed by atoms with van der Waals surface area (Å²) in [5.41, 5.74) is 0. The van der Waals surface area contributed by atoms with Gasteiger partial charge in [0, 0.05) is 13.2 Å². The van der Waals surface area contributed by atoms with E-state index in [1.54, 1.807) is 0 Å². The Kier molecular flexibility index (Phi) is 32.5. The summed E-state index contributed by atoms with van der Waals surface area (Å²) in [5.74, 6) is -0.126. The van der Waals surface area contributed by atoms with Gasteiger partial charge in [-0.15, -0.1) is 0 Å². The summed E-state index contributed by atoms with van der Waals surface area (Å²) in [6.45, 7) is 13.0. The van der Waals surface area contributed by atoms with Gasteiger partial charge in [0.05, 0.1) is 25.0 Å². The maximum Gasteiger partial charge on any atom is 0.312 e. The third kappa shape index (κ3) is 27.2. The predicted molar refractivity (Wildman–Crippen MR) is 190 cm³/mol. The third-order valence-corrected chi connectivity index (χ3v) is 8.50. The molecule has 0 aromatic heterocycles. The number of carbonyl (C=O) groups is 2. The minimum absolute atomic E-state index is 0.0251. The standard InChI is InChI=1S/C39H73NO5/c1-5-9-13-19-28-36(26-11-7-3)38(42)44-34-23-17-15-21-30-40(32-25-33-41)31-22-16-18-24-35-45-39(43)37(27-12-8-4)29-20-14-10-6-2/h9,13,19,28,36-37,41H,5-8,10-12,14-18,20-27,29-35H2,1-4H3/b13-9+,28-19+. The van der Waals surface area contributed by atoms with Crippen molar-refractivity contribution in [2.75, 3.05) is 39.5 Å². The Labute approximate surface area is 278 Å². The number of ether oxygens (including phenoxy) is 2. The average molecular weight is 636 g/mol. The van der Waals surface area contributed by atoms with Crippen LogP contribution in [-0.4, -0.2) is 61.4 Å². The van der Waals surface area contributed by atoms with E-state index in [9.17, 15) is 14.7 Å². The van der Waals surface area contributed by atoms with Gasteiger partial charge in [-0.25, -0.2) is 0 Å². The van der Waals surface area contributed by atoms with Crippen molar-refractivity contribution < 1.29 is 24.2 Å². The van der Waals surface area contributed by atoms with E-state index in [0.717, 1.165) is 135 Å². The van der Waals surface area contributed by atoms with Gasteiger partial charge in [0.15, 0.2) is 0 Å². The van der Waals surface area contributed by atoms with Gasteiger partial charge in [0.25, 0.3) is 0 Å². The fraction of sp³-hybridized carbons (Fsp3) is 0.846. The number of nitrogens with zero attached hydrogens (tertiary/aromatic N) is 1. The number of unbranched alkanes of at least 4 members (excludes halogenated alkanes) is 11. The first-order valence-electron chi connectivity index (χ1n) is 19.0. The highest BCUT2D eigenvalue weighted by Gasteiger charge is 2.19. The van der Waals surface area contributed by atoms with Crippen LogP contribution in [0.4, 0.5) is 0 Å². The minimum atomic E-state index is -0.144. The molecule has 0 aliphatic carbocycles. The molecular formula is C39H73NO5. The first kappa shape index (κ1) is 43.3. The van der Waals surface area contributed by atoms with Crippen LogP contribution >= 0.6 is 0 Å². The van der Waals surface area contributed by atoms with Crippen LogP contribution in [0, 0.1) is 11.8 Å². The lowest BCUT2D eigenvalue weighted by Crippen LogP contribution is -2.28. The fourth-order valence-electron chi connectivity index (χ4n) is 5.56. The molecule has 2 atom stereocenters. The van der Waals surface area contributed by atoms with Crippen molar-refractivity contribution in [1.82, 2.24) is 4.90 Å². The van der Waals surface area contributed by atoms with E-state index in [-0.39, 0.29) is 30.4 Å². The summed E-state index contributed by atoms with van der Waals surface area (Å²) < 4.78 is 11.3. The molecular weight excluding hydrogens is 562 g/mol. The Bertz CT molecular complexity index is 722. The lowest BCUT2D eigenvalue weighted by Gasteiger charge is -2.22. The first-order valence-corrected chi connectivity index (χ1v) is 19.0. The highest BCUT2D eigenvalue weighted by Crippen LogP contribution is 2.19. The molecule has 0 aliphatic rings. The van der Waals surface area contributed by atoms with E-state index in [4.69, 9.17) is 9.47 Å². The smallest absolute Gasteiger partial charge is 0.312 e. The Balaban J connectivity index is 4.17. The second kappa shape index (κ2) is 33.7. The van der Waals surface area contributed by atoms with Crippen LogP contribution in [0.25, 0.3) is 0 Å². The summed E-state index contributed by atoms with van der Waals surface area (Å²) in [6, 6.07) is 0. The van der Waals surface area contributed by atoms with Gasteiger partial charge in [0.1, 0.15) is 0 Å². The molecule has 6 heteroatoms. The molecule has 1 N–H and O–H groups in total. The molecule has 0 bridgehead atoms. The largest absolute Gasteiger partial charge is 0.465 e. The van der Waals surface area contributed by atoms with E-state index in [2.05, 4.69) is 38.7 Å². The molecule has 0 radical (unpaired) electrons. The van der Waals surface area contributed by atoms with Crippen LogP contribution in [0.15, 0.2) is 24.3 Å². The lowest BCUT2D eigenvalue weighted by atomic mass is 9.95. The summed E-state index contributed by atoms with van der Waals surface area (Å²) in [5, 5.41) is 9.34. The molecule has 0 aromatic carbocycles. The molecule has 2 unspecified atom stereocenters. The van der Waals surface area contributed by atoms with Crippen LogP contribution in [0.3, 0.4) is 0 Å². The van der Waals surface area contributed by atoms with E-state index in [1.807, 2.05) is 18.2 Å². The molecule has 45 heavy (non-hydrogen) atoms. The van der Waals surface area contributed by atoms with Crippen LogP contribution in [0.2, 0.25) is 0 Å². The molecule has 264 valence electrons.